The van der Waals surface area contributed by atoms with Gasteiger partial charge in [-0.15, -0.1) is 0 Å². The molecule has 1 fully saturated rings. The molecule has 120 valence electrons. The van der Waals surface area contributed by atoms with E-state index < -0.39 is 35.5 Å². The molecule has 1 aliphatic rings. The van der Waals surface area contributed by atoms with Crippen LogP contribution in [0.2, 0.25) is 0 Å². The molecular weight excluding hydrogens is 280 g/mol. The maximum absolute atomic E-state index is 11.7. The van der Waals surface area contributed by atoms with Crippen LogP contribution >= 0.6 is 0 Å². The molecule has 3 N–H and O–H groups in total. The van der Waals surface area contributed by atoms with Crippen molar-refractivity contribution < 1.29 is 34.4 Å². The Morgan fingerprint density at radius 2 is 1.71 bits per heavy atom. The van der Waals surface area contributed by atoms with Crippen LogP contribution in [-0.4, -0.2) is 44.9 Å². The van der Waals surface area contributed by atoms with E-state index in [-0.39, 0.29) is 6.42 Å². The van der Waals surface area contributed by atoms with Crippen LogP contribution in [0.4, 0.5) is 0 Å². The van der Waals surface area contributed by atoms with Crippen molar-refractivity contribution in [1.29, 1.82) is 0 Å². The minimum atomic E-state index is -2.69. The zero-order valence-corrected chi connectivity index (χ0v) is 12.1. The van der Waals surface area contributed by atoms with E-state index in [2.05, 4.69) is 11.7 Å². The highest BCUT2D eigenvalue weighted by atomic mass is 16.6. The monoisotopic (exact) mass is 302 g/mol. The van der Waals surface area contributed by atoms with Gasteiger partial charge in [0.2, 0.25) is 11.7 Å². The Morgan fingerprint density at radius 3 is 2.24 bits per heavy atom. The van der Waals surface area contributed by atoms with Crippen LogP contribution in [0.1, 0.15) is 51.9 Å². The number of esters is 1. The summed E-state index contributed by atoms with van der Waals surface area (Å²) in [7, 11) is 0. The van der Waals surface area contributed by atoms with Crippen molar-refractivity contribution in [3.63, 3.8) is 0 Å². The van der Waals surface area contributed by atoms with Gasteiger partial charge >= 0.3 is 17.9 Å². The second kappa shape index (κ2) is 7.40. The number of rotatable bonds is 9. The summed E-state index contributed by atoms with van der Waals surface area (Å²) in [5.74, 6) is -5.68. The lowest BCUT2D eigenvalue weighted by molar-refractivity contribution is -0.179. The molecule has 0 unspecified atom stereocenters. The summed E-state index contributed by atoms with van der Waals surface area (Å²) in [6.45, 7) is 2.09. The smallest absolute Gasteiger partial charge is 0.348 e. The van der Waals surface area contributed by atoms with E-state index in [0.717, 1.165) is 32.1 Å². The number of aliphatic carboxylic acids is 2. The van der Waals surface area contributed by atoms with Crippen LogP contribution in [0.5, 0.6) is 0 Å². The van der Waals surface area contributed by atoms with Crippen molar-refractivity contribution in [2.24, 2.45) is 5.92 Å². The summed E-state index contributed by atoms with van der Waals surface area (Å²) in [6, 6.07) is 0. The molecule has 0 aliphatic carbocycles. The minimum Gasteiger partial charge on any atom is -0.479 e. The van der Waals surface area contributed by atoms with E-state index in [1.807, 2.05) is 0 Å². The Hall–Kier alpha value is -1.63. The lowest BCUT2D eigenvalue weighted by Crippen LogP contribution is -2.54. The van der Waals surface area contributed by atoms with Crippen LogP contribution in [0, 0.1) is 5.92 Å². The van der Waals surface area contributed by atoms with Gasteiger partial charge in [-0.3, -0.25) is 4.79 Å². The molecule has 1 saturated heterocycles. The Kier molecular flexibility index (Phi) is 6.14. The zero-order chi connectivity index (χ0) is 16.0. The number of hydrogen-bond acceptors (Lipinski definition) is 5. The first kappa shape index (κ1) is 17.4. The summed E-state index contributed by atoms with van der Waals surface area (Å²) >= 11 is 0. The fraction of sp³-hybridized carbons (Fsp3) is 0.786. The molecule has 0 radical (unpaired) electrons. The number of ether oxygens (including phenoxy) is 1. The molecule has 3 atom stereocenters. The molecule has 21 heavy (non-hydrogen) atoms. The standard InChI is InChI=1S/C14H22O7/c1-2-3-4-5-6-7-8-9-12(17)21-10(11(15)16)14(9,20)13(18)19/h9-10,20H,2-8H2,1H3,(H,15,16)(H,18,19)/t9-,10-,14+/m1/s1. The van der Waals surface area contributed by atoms with Gasteiger partial charge in [-0.25, -0.2) is 9.59 Å². The lowest BCUT2D eigenvalue weighted by atomic mass is 9.82. The van der Waals surface area contributed by atoms with Crippen molar-refractivity contribution in [3.8, 4) is 0 Å². The number of carboxylic acids is 2. The van der Waals surface area contributed by atoms with E-state index in [4.69, 9.17) is 10.2 Å². The molecule has 0 bridgehead atoms. The average molecular weight is 302 g/mol. The predicted molar refractivity (Wildman–Crippen MR) is 71.6 cm³/mol. The highest BCUT2D eigenvalue weighted by Crippen LogP contribution is 2.36. The Bertz CT molecular complexity index is 406. The number of hydrogen-bond donors (Lipinski definition) is 3. The third-order valence-electron chi connectivity index (χ3n) is 3.86. The van der Waals surface area contributed by atoms with Gasteiger partial charge in [0.1, 0.15) is 5.92 Å². The van der Waals surface area contributed by atoms with Gasteiger partial charge in [0, 0.05) is 0 Å². The summed E-state index contributed by atoms with van der Waals surface area (Å²) in [4.78, 5) is 33.8. The Balaban J connectivity index is 2.64. The predicted octanol–water partition coefficient (Wildman–Crippen LogP) is 1.18. The molecular formula is C14H22O7. The summed E-state index contributed by atoms with van der Waals surface area (Å²) < 4.78 is 4.54. The number of cyclic esters (lactones) is 1. The molecule has 0 aromatic rings. The van der Waals surface area contributed by atoms with Gasteiger partial charge in [0.05, 0.1) is 0 Å². The van der Waals surface area contributed by atoms with Crippen LogP contribution in [-0.2, 0) is 19.1 Å². The van der Waals surface area contributed by atoms with Gasteiger partial charge < -0.3 is 20.1 Å². The van der Waals surface area contributed by atoms with E-state index in [1.165, 1.54) is 0 Å². The maximum Gasteiger partial charge on any atom is 0.348 e. The number of carboxylic acid groups (broad SMARTS) is 2. The first-order valence-corrected chi connectivity index (χ1v) is 7.24. The maximum atomic E-state index is 11.7. The molecule has 1 aliphatic heterocycles. The van der Waals surface area contributed by atoms with Gasteiger partial charge in [0.25, 0.3) is 0 Å². The van der Waals surface area contributed by atoms with Crippen molar-refractivity contribution in [2.45, 2.75) is 63.6 Å². The van der Waals surface area contributed by atoms with Gasteiger partial charge in [-0.2, -0.15) is 0 Å². The first-order valence-electron chi connectivity index (χ1n) is 7.24. The van der Waals surface area contributed by atoms with E-state index >= 15 is 0 Å². The molecule has 0 amide bonds. The third-order valence-corrected chi connectivity index (χ3v) is 3.86. The van der Waals surface area contributed by atoms with Crippen molar-refractivity contribution in [3.05, 3.63) is 0 Å². The van der Waals surface area contributed by atoms with Gasteiger partial charge in [-0.1, -0.05) is 45.4 Å². The molecule has 0 aromatic carbocycles. The Morgan fingerprint density at radius 1 is 1.14 bits per heavy atom. The molecule has 1 rings (SSSR count). The zero-order valence-electron chi connectivity index (χ0n) is 12.1. The molecule has 1 heterocycles. The molecule has 0 spiro atoms. The van der Waals surface area contributed by atoms with Crippen LogP contribution < -0.4 is 0 Å². The third kappa shape index (κ3) is 3.72. The van der Waals surface area contributed by atoms with Gasteiger partial charge in [-0.05, 0) is 6.42 Å². The van der Waals surface area contributed by atoms with E-state index in [1.54, 1.807) is 0 Å². The van der Waals surface area contributed by atoms with Crippen molar-refractivity contribution in [2.75, 3.05) is 0 Å². The number of unbranched alkanes of at least 4 members (excludes halogenated alkanes) is 5. The normalized spacial score (nSPS) is 28.4. The highest BCUT2D eigenvalue weighted by molar-refractivity contribution is 5.97. The largest absolute Gasteiger partial charge is 0.479 e. The van der Waals surface area contributed by atoms with E-state index in [9.17, 15) is 19.5 Å². The van der Waals surface area contributed by atoms with Crippen LogP contribution in [0.3, 0.4) is 0 Å². The van der Waals surface area contributed by atoms with Crippen molar-refractivity contribution >= 4 is 17.9 Å². The van der Waals surface area contributed by atoms with Gasteiger partial charge in [0.15, 0.2) is 0 Å². The Labute approximate surface area is 122 Å². The fourth-order valence-corrected chi connectivity index (χ4v) is 2.62. The SMILES string of the molecule is CCCCCCCC[C@@H]1C(=O)O[C@H](C(=O)O)[C@]1(O)C(=O)O. The number of carbonyl (C=O) groups is 3. The summed E-state index contributed by atoms with van der Waals surface area (Å²) in [5.41, 5.74) is -2.69. The van der Waals surface area contributed by atoms with E-state index in [0.29, 0.717) is 6.42 Å². The molecule has 0 saturated carbocycles. The number of aliphatic hydroxyl groups is 1. The highest BCUT2D eigenvalue weighted by Gasteiger charge is 2.64. The summed E-state index contributed by atoms with van der Waals surface area (Å²) in [5, 5.41) is 28.2. The second-order valence-corrected chi connectivity index (χ2v) is 5.39. The van der Waals surface area contributed by atoms with Crippen LogP contribution in [0.15, 0.2) is 0 Å². The van der Waals surface area contributed by atoms with Crippen LogP contribution in [0.25, 0.3) is 0 Å². The minimum absolute atomic E-state index is 0.109. The molecule has 7 heteroatoms. The topological polar surface area (TPSA) is 121 Å². The first-order chi connectivity index (χ1) is 9.85. The molecule has 0 aromatic heterocycles. The molecule has 7 nitrogen and oxygen atoms in total. The summed E-state index contributed by atoms with van der Waals surface area (Å²) in [6.07, 6.45) is 3.66. The lowest BCUT2D eigenvalue weighted by Gasteiger charge is -2.24. The number of carbonyl (C=O) groups excluding carboxylic acids is 1. The fourth-order valence-electron chi connectivity index (χ4n) is 2.62. The quantitative estimate of drug-likeness (QED) is 0.432. The average Bonchev–Trinajstić information content (AvgIpc) is 2.68. The van der Waals surface area contributed by atoms with Crippen molar-refractivity contribution in [1.82, 2.24) is 0 Å². The second-order valence-electron chi connectivity index (χ2n) is 5.39.